The molecule has 4 aromatic carbocycles. The Morgan fingerprint density at radius 3 is 2.40 bits per heavy atom. The van der Waals surface area contributed by atoms with E-state index in [1.807, 2.05) is 66.4 Å². The minimum Gasteiger partial charge on any atom is -0.352 e. The van der Waals surface area contributed by atoms with E-state index in [-0.39, 0.29) is 22.9 Å². The number of hydrogen-bond acceptors (Lipinski definition) is 6. The number of non-ortho nitro benzene ring substituents is 1. The van der Waals surface area contributed by atoms with Gasteiger partial charge in [-0.15, -0.1) is 0 Å². The summed E-state index contributed by atoms with van der Waals surface area (Å²) < 4.78 is 0. The lowest BCUT2D eigenvalue weighted by atomic mass is 9.64. The first kappa shape index (κ1) is 25.6. The fourth-order valence-corrected chi connectivity index (χ4v) is 7.02. The molecule has 0 bridgehead atoms. The van der Waals surface area contributed by atoms with Crippen molar-refractivity contribution in [3.63, 3.8) is 0 Å². The molecule has 8 heteroatoms. The van der Waals surface area contributed by atoms with E-state index in [0.717, 1.165) is 16.8 Å². The lowest BCUT2D eigenvalue weighted by Gasteiger charge is -2.37. The SMILES string of the molecule is Cc1ccc2c(c1)C=C[C@@H]1N2[C@@H](C(=O)c2ccccc2)[C@H](C(=O)c2cccc([N+](=O)[O-])c2)[C@@]12C(=O)Nc1ccccc12. The normalized spacial score (nSPS) is 23.2. The second kappa shape index (κ2) is 9.34. The van der Waals surface area contributed by atoms with Gasteiger partial charge in [0.1, 0.15) is 11.5 Å². The van der Waals surface area contributed by atoms with Gasteiger partial charge in [-0.3, -0.25) is 24.5 Å². The molecule has 1 amide bonds. The number of aryl methyl sites for hydroxylation is 1. The van der Waals surface area contributed by atoms with Crippen LogP contribution in [0, 0.1) is 23.0 Å². The van der Waals surface area contributed by atoms with E-state index >= 15 is 0 Å². The molecule has 0 radical (unpaired) electrons. The van der Waals surface area contributed by atoms with Gasteiger partial charge in [0, 0.05) is 34.6 Å². The number of Topliss-reactive ketones (excluding diaryl/α,β-unsaturated/α-hetero) is 2. The van der Waals surface area contributed by atoms with Gasteiger partial charge >= 0.3 is 0 Å². The van der Waals surface area contributed by atoms with Gasteiger partial charge in [0.15, 0.2) is 11.6 Å². The van der Waals surface area contributed by atoms with Crippen molar-refractivity contribution in [2.45, 2.75) is 24.4 Å². The fourth-order valence-electron chi connectivity index (χ4n) is 7.02. The Morgan fingerprint density at radius 2 is 1.62 bits per heavy atom. The molecule has 3 aliphatic rings. The van der Waals surface area contributed by atoms with Gasteiger partial charge in [-0.25, -0.2) is 0 Å². The molecule has 4 aromatic rings. The number of amides is 1. The molecule has 0 aromatic heterocycles. The van der Waals surface area contributed by atoms with Crippen LogP contribution >= 0.6 is 0 Å². The first-order valence-corrected chi connectivity index (χ1v) is 13.7. The van der Waals surface area contributed by atoms with Crippen LogP contribution in [0.15, 0.2) is 103 Å². The maximum atomic E-state index is 14.8. The van der Waals surface area contributed by atoms with Crippen molar-refractivity contribution < 1.29 is 19.3 Å². The predicted molar refractivity (Wildman–Crippen MR) is 159 cm³/mol. The molecule has 1 fully saturated rings. The molecule has 1 spiro atoms. The Hall–Kier alpha value is -5.37. The van der Waals surface area contributed by atoms with Gasteiger partial charge in [0.25, 0.3) is 5.69 Å². The zero-order chi connectivity index (χ0) is 29.2. The van der Waals surface area contributed by atoms with Crippen LogP contribution in [0.25, 0.3) is 6.08 Å². The van der Waals surface area contributed by atoms with Crippen LogP contribution < -0.4 is 10.2 Å². The lowest BCUT2D eigenvalue weighted by molar-refractivity contribution is -0.384. The third kappa shape index (κ3) is 3.51. The summed E-state index contributed by atoms with van der Waals surface area (Å²) in [5.41, 5.74) is 2.61. The number of benzene rings is 4. The number of nitro benzene ring substituents is 1. The summed E-state index contributed by atoms with van der Waals surface area (Å²) in [6.07, 6.45) is 3.86. The Balaban J connectivity index is 1.54. The molecule has 206 valence electrons. The van der Waals surface area contributed by atoms with E-state index in [2.05, 4.69) is 5.32 Å². The second-order valence-corrected chi connectivity index (χ2v) is 11.0. The maximum absolute atomic E-state index is 14.8. The van der Waals surface area contributed by atoms with Gasteiger partial charge in [-0.05, 0) is 36.2 Å². The number of ketones is 2. The average molecular weight is 556 g/mol. The summed E-state index contributed by atoms with van der Waals surface area (Å²) in [5.74, 6) is -2.39. The number of nitrogens with zero attached hydrogens (tertiary/aromatic N) is 2. The minimum atomic E-state index is -1.48. The van der Waals surface area contributed by atoms with Crippen LogP contribution in [0.3, 0.4) is 0 Å². The van der Waals surface area contributed by atoms with Gasteiger partial charge in [-0.2, -0.15) is 0 Å². The molecule has 8 nitrogen and oxygen atoms in total. The number of anilines is 2. The van der Waals surface area contributed by atoms with Gasteiger partial charge < -0.3 is 10.2 Å². The van der Waals surface area contributed by atoms with Crippen molar-refractivity contribution in [3.8, 4) is 0 Å². The molecular weight excluding hydrogens is 530 g/mol. The molecule has 1 saturated heterocycles. The van der Waals surface area contributed by atoms with E-state index in [0.29, 0.717) is 16.8 Å². The first-order chi connectivity index (χ1) is 20.3. The number of rotatable bonds is 5. The second-order valence-electron chi connectivity index (χ2n) is 11.0. The van der Waals surface area contributed by atoms with Crippen molar-refractivity contribution >= 4 is 40.6 Å². The van der Waals surface area contributed by atoms with Gasteiger partial charge in [-0.1, -0.05) is 84.4 Å². The number of nitrogens with one attached hydrogen (secondary N) is 1. The number of fused-ring (bicyclic) bond motifs is 6. The summed E-state index contributed by atoms with van der Waals surface area (Å²) in [6, 6.07) is 25.6. The Labute approximate surface area is 241 Å². The summed E-state index contributed by atoms with van der Waals surface area (Å²) in [7, 11) is 0. The molecule has 3 heterocycles. The Bertz CT molecular complexity index is 1850. The highest BCUT2D eigenvalue weighted by atomic mass is 16.6. The number of carbonyl (C=O) groups excluding carboxylic acids is 3. The number of hydrogen-bond donors (Lipinski definition) is 1. The Morgan fingerprint density at radius 1 is 0.881 bits per heavy atom. The smallest absolute Gasteiger partial charge is 0.270 e. The highest BCUT2D eigenvalue weighted by molar-refractivity contribution is 6.18. The molecule has 0 unspecified atom stereocenters. The van der Waals surface area contributed by atoms with Crippen LogP contribution in [-0.2, 0) is 10.2 Å². The zero-order valence-electron chi connectivity index (χ0n) is 22.6. The monoisotopic (exact) mass is 555 g/mol. The molecule has 7 rings (SSSR count). The van der Waals surface area contributed by atoms with Crippen molar-refractivity contribution in [2.75, 3.05) is 10.2 Å². The van der Waals surface area contributed by atoms with Crippen LogP contribution in [0.5, 0.6) is 0 Å². The van der Waals surface area contributed by atoms with Crippen LogP contribution in [-0.4, -0.2) is 34.5 Å². The average Bonchev–Trinajstić information content (AvgIpc) is 3.49. The maximum Gasteiger partial charge on any atom is 0.270 e. The van der Waals surface area contributed by atoms with Gasteiger partial charge in [0.2, 0.25) is 5.91 Å². The number of para-hydroxylation sites is 1. The highest BCUT2D eigenvalue weighted by Crippen LogP contribution is 2.58. The third-order valence-electron chi connectivity index (χ3n) is 8.74. The van der Waals surface area contributed by atoms with Gasteiger partial charge in [0.05, 0.1) is 16.9 Å². The summed E-state index contributed by atoms with van der Waals surface area (Å²) in [6.45, 7) is 1.98. The van der Waals surface area contributed by atoms with Crippen LogP contribution in [0.1, 0.15) is 37.4 Å². The van der Waals surface area contributed by atoms with E-state index in [1.54, 1.807) is 30.3 Å². The third-order valence-corrected chi connectivity index (χ3v) is 8.74. The first-order valence-electron chi connectivity index (χ1n) is 13.7. The minimum absolute atomic E-state index is 0.0737. The molecule has 0 saturated carbocycles. The molecule has 42 heavy (non-hydrogen) atoms. The topological polar surface area (TPSA) is 110 Å². The quantitative estimate of drug-likeness (QED) is 0.191. The molecule has 0 aliphatic carbocycles. The summed E-state index contributed by atoms with van der Waals surface area (Å²) in [5, 5.41) is 14.6. The van der Waals surface area contributed by atoms with Crippen LogP contribution in [0.4, 0.5) is 17.1 Å². The molecule has 1 N–H and O–H groups in total. The zero-order valence-corrected chi connectivity index (χ0v) is 22.6. The van der Waals surface area contributed by atoms with Crippen molar-refractivity contribution in [2.24, 2.45) is 5.92 Å². The standard InChI is InChI=1S/C34H25N3O5/c1-20-14-16-27-22(18-20)15-17-28-34(25-12-5-6-13-26(25)35-33(34)40)29(31(38)23-10-7-11-24(19-23)37(41)42)30(36(27)28)32(39)21-8-3-2-4-9-21/h2-19,28-30H,1H3,(H,35,40)/t28-,29+,30+,34-/m0/s1. The fraction of sp³-hybridized carbons (Fsp3) is 0.147. The molecule has 3 aliphatic heterocycles. The van der Waals surface area contributed by atoms with Crippen molar-refractivity contribution in [3.05, 3.63) is 141 Å². The van der Waals surface area contributed by atoms with E-state index < -0.39 is 34.1 Å². The molecular formula is C34H25N3O5. The van der Waals surface area contributed by atoms with E-state index in [4.69, 9.17) is 0 Å². The van der Waals surface area contributed by atoms with Crippen molar-refractivity contribution in [1.82, 2.24) is 0 Å². The summed E-state index contributed by atoms with van der Waals surface area (Å²) >= 11 is 0. The predicted octanol–water partition coefficient (Wildman–Crippen LogP) is 5.76. The van der Waals surface area contributed by atoms with E-state index in [1.165, 1.54) is 24.3 Å². The largest absolute Gasteiger partial charge is 0.352 e. The van der Waals surface area contributed by atoms with Crippen molar-refractivity contribution in [1.29, 1.82) is 0 Å². The molecule has 4 atom stereocenters. The lowest BCUT2D eigenvalue weighted by Crippen LogP contribution is -2.51. The van der Waals surface area contributed by atoms with E-state index in [9.17, 15) is 24.5 Å². The number of carbonyl (C=O) groups is 3. The highest BCUT2D eigenvalue weighted by Gasteiger charge is 2.70. The summed E-state index contributed by atoms with van der Waals surface area (Å²) in [4.78, 5) is 56.8. The Kier molecular flexibility index (Phi) is 5.69. The number of nitro groups is 1. The van der Waals surface area contributed by atoms with Crippen LogP contribution in [0.2, 0.25) is 0 Å².